The van der Waals surface area contributed by atoms with E-state index in [4.69, 9.17) is 16.6 Å². The van der Waals surface area contributed by atoms with Crippen molar-refractivity contribution in [2.75, 3.05) is 0 Å². The number of aryl methyl sites for hydroxylation is 2. The summed E-state index contributed by atoms with van der Waals surface area (Å²) in [6.45, 7) is 2.06. The van der Waals surface area contributed by atoms with Crippen molar-refractivity contribution >= 4 is 34.7 Å². The molecule has 1 atom stereocenters. The predicted octanol–water partition coefficient (Wildman–Crippen LogP) is 5.28. The number of benzene rings is 3. The van der Waals surface area contributed by atoms with Gasteiger partial charge < -0.3 is 0 Å². The van der Waals surface area contributed by atoms with Crippen molar-refractivity contribution in [2.45, 2.75) is 25.8 Å². The van der Waals surface area contributed by atoms with Crippen molar-refractivity contribution in [3.8, 4) is 0 Å². The smallest absolute Gasteiger partial charge is 0.271 e. The first kappa shape index (κ1) is 20.4. The molecule has 162 valence electrons. The van der Waals surface area contributed by atoms with Crippen molar-refractivity contribution in [1.82, 2.24) is 4.57 Å². The quantitative estimate of drug-likeness (QED) is 0.394. The lowest BCUT2D eigenvalue weighted by Gasteiger charge is -2.31. The Morgan fingerprint density at radius 2 is 1.76 bits per heavy atom. The van der Waals surface area contributed by atoms with Crippen molar-refractivity contribution in [3.63, 3.8) is 0 Å². The van der Waals surface area contributed by atoms with Crippen molar-refractivity contribution < 1.29 is 0 Å². The summed E-state index contributed by atoms with van der Waals surface area (Å²) >= 11 is 8.13. The fraction of sp³-hybridized carbons (Fsp3) is 0.143. The minimum absolute atomic E-state index is 0.0188. The van der Waals surface area contributed by atoms with Gasteiger partial charge in [-0.1, -0.05) is 95.2 Å². The molecular formula is C28H21ClN2OS. The molecule has 3 aromatic carbocycles. The number of thiazole rings is 1. The average molecular weight is 469 g/mol. The number of fused-ring (bicyclic) bond motifs is 3. The van der Waals surface area contributed by atoms with Crippen molar-refractivity contribution in [1.29, 1.82) is 0 Å². The highest BCUT2D eigenvalue weighted by atomic mass is 35.5. The van der Waals surface area contributed by atoms with E-state index in [-0.39, 0.29) is 11.6 Å². The summed E-state index contributed by atoms with van der Waals surface area (Å²) in [4.78, 5) is 19.5. The number of hydrogen-bond acceptors (Lipinski definition) is 3. The first-order valence-corrected chi connectivity index (χ1v) is 12.2. The first-order valence-electron chi connectivity index (χ1n) is 11.0. The molecule has 2 heterocycles. The molecule has 2 aliphatic rings. The van der Waals surface area contributed by atoms with Crippen LogP contribution in [0.1, 0.15) is 40.3 Å². The lowest BCUT2D eigenvalue weighted by atomic mass is 9.83. The summed E-state index contributed by atoms with van der Waals surface area (Å²) in [6.07, 6.45) is 3.75. The van der Waals surface area contributed by atoms with Crippen LogP contribution in [-0.2, 0) is 6.42 Å². The van der Waals surface area contributed by atoms with Gasteiger partial charge in [0.15, 0.2) is 4.80 Å². The van der Waals surface area contributed by atoms with Crippen LogP contribution in [0.2, 0.25) is 5.02 Å². The highest BCUT2D eigenvalue weighted by Gasteiger charge is 2.33. The maximum absolute atomic E-state index is 13.7. The molecule has 1 aromatic heterocycles. The van der Waals surface area contributed by atoms with E-state index in [9.17, 15) is 4.79 Å². The summed E-state index contributed by atoms with van der Waals surface area (Å²) in [5.74, 6) is 0. The fourth-order valence-electron chi connectivity index (χ4n) is 4.81. The second-order valence-corrected chi connectivity index (χ2v) is 9.96. The standard InChI is InChI=1S/C28H21ClN2OS/c1-17-10-12-18(13-11-17)16-24-27(32)31-26(21-8-4-5-9-23(21)29)22-15-14-19-6-2-3-7-20(19)25(22)30-28(31)33-24/h2-13,16,26H,14-15H2,1H3. The maximum atomic E-state index is 13.7. The Morgan fingerprint density at radius 3 is 2.58 bits per heavy atom. The lowest BCUT2D eigenvalue weighted by molar-refractivity contribution is 0.585. The van der Waals surface area contributed by atoms with E-state index in [0.717, 1.165) is 45.6 Å². The fourth-order valence-corrected chi connectivity index (χ4v) is 6.05. The third kappa shape index (κ3) is 3.41. The molecule has 0 fully saturated rings. The normalized spacial score (nSPS) is 17.3. The van der Waals surface area contributed by atoms with Crippen LogP contribution < -0.4 is 14.9 Å². The lowest BCUT2D eigenvalue weighted by Crippen LogP contribution is -2.38. The molecule has 0 saturated heterocycles. The molecule has 0 spiro atoms. The Bertz CT molecular complexity index is 1610. The molecule has 0 bridgehead atoms. The van der Waals surface area contributed by atoms with Gasteiger partial charge in [0.05, 0.1) is 16.3 Å². The first-order chi connectivity index (χ1) is 16.1. The second-order valence-electron chi connectivity index (χ2n) is 8.55. The van der Waals surface area contributed by atoms with Crippen LogP contribution in [0, 0.1) is 6.92 Å². The highest BCUT2D eigenvalue weighted by Crippen LogP contribution is 2.42. The van der Waals surface area contributed by atoms with Gasteiger partial charge in [0.2, 0.25) is 0 Å². The van der Waals surface area contributed by atoms with E-state index in [2.05, 4.69) is 43.3 Å². The predicted molar refractivity (Wildman–Crippen MR) is 135 cm³/mol. The summed E-state index contributed by atoms with van der Waals surface area (Å²) in [6, 6.07) is 24.2. The number of aromatic nitrogens is 1. The van der Waals surface area contributed by atoms with Crippen LogP contribution in [0.4, 0.5) is 0 Å². The summed E-state index contributed by atoms with van der Waals surface area (Å²) < 4.78 is 2.53. The molecule has 0 radical (unpaired) electrons. The van der Waals surface area contributed by atoms with Crippen LogP contribution in [0.25, 0.3) is 11.8 Å². The summed E-state index contributed by atoms with van der Waals surface area (Å²) in [5, 5.41) is 0.670. The average Bonchev–Trinajstić information content (AvgIpc) is 3.14. The van der Waals surface area contributed by atoms with Crippen molar-refractivity contribution in [2.24, 2.45) is 4.99 Å². The van der Waals surface area contributed by atoms with Crippen LogP contribution in [0.3, 0.4) is 0 Å². The minimum atomic E-state index is -0.251. The zero-order valence-corrected chi connectivity index (χ0v) is 19.7. The molecule has 1 aliphatic carbocycles. The van der Waals surface area contributed by atoms with Gasteiger partial charge in [0, 0.05) is 10.6 Å². The third-order valence-corrected chi connectivity index (χ3v) is 7.78. The molecule has 1 aliphatic heterocycles. The Morgan fingerprint density at radius 1 is 1.00 bits per heavy atom. The van der Waals surface area contributed by atoms with Gasteiger partial charge in [-0.2, -0.15) is 0 Å². The third-order valence-electron chi connectivity index (χ3n) is 6.45. The monoisotopic (exact) mass is 468 g/mol. The van der Waals surface area contributed by atoms with Gasteiger partial charge in [-0.3, -0.25) is 9.36 Å². The molecule has 1 unspecified atom stereocenters. The SMILES string of the molecule is Cc1ccc(C=c2sc3n(c2=O)C(c2ccccc2Cl)C2=C(N=3)c3ccccc3CC2)cc1. The van der Waals surface area contributed by atoms with Gasteiger partial charge in [0.25, 0.3) is 5.56 Å². The van der Waals surface area contributed by atoms with E-state index >= 15 is 0 Å². The van der Waals surface area contributed by atoms with Crippen LogP contribution in [0.15, 0.2) is 88.2 Å². The molecule has 0 amide bonds. The van der Waals surface area contributed by atoms with Crippen LogP contribution >= 0.6 is 22.9 Å². The summed E-state index contributed by atoms with van der Waals surface area (Å²) in [5.41, 5.74) is 7.75. The molecule has 6 rings (SSSR count). The number of allylic oxidation sites excluding steroid dienone is 1. The highest BCUT2D eigenvalue weighted by molar-refractivity contribution is 7.07. The van der Waals surface area contributed by atoms with Gasteiger partial charge in [-0.05, 0) is 54.2 Å². The van der Waals surface area contributed by atoms with Crippen LogP contribution in [-0.4, -0.2) is 4.57 Å². The maximum Gasteiger partial charge on any atom is 0.271 e. The van der Waals surface area contributed by atoms with Gasteiger partial charge in [-0.25, -0.2) is 4.99 Å². The molecule has 4 aromatic rings. The number of nitrogens with zero attached hydrogens (tertiary/aromatic N) is 2. The van der Waals surface area contributed by atoms with E-state index in [1.807, 2.05) is 47.0 Å². The molecule has 33 heavy (non-hydrogen) atoms. The molecule has 3 nitrogen and oxygen atoms in total. The number of hydrogen-bond donors (Lipinski definition) is 0. The molecule has 0 saturated carbocycles. The van der Waals surface area contributed by atoms with E-state index in [1.165, 1.54) is 22.5 Å². The Balaban J connectivity index is 1.64. The molecule has 0 N–H and O–H groups in total. The minimum Gasteiger partial charge on any atom is -0.272 e. The van der Waals surface area contributed by atoms with E-state index in [1.54, 1.807) is 0 Å². The van der Waals surface area contributed by atoms with Crippen molar-refractivity contribution in [3.05, 3.63) is 131 Å². The number of rotatable bonds is 2. The zero-order valence-electron chi connectivity index (χ0n) is 18.1. The molecule has 5 heteroatoms. The largest absolute Gasteiger partial charge is 0.272 e. The Hall–Kier alpha value is -3.21. The van der Waals surface area contributed by atoms with E-state index in [0.29, 0.717) is 9.55 Å². The van der Waals surface area contributed by atoms with Gasteiger partial charge in [-0.15, -0.1) is 0 Å². The topological polar surface area (TPSA) is 34.4 Å². The molecular weight excluding hydrogens is 448 g/mol. The van der Waals surface area contributed by atoms with Gasteiger partial charge >= 0.3 is 0 Å². The second kappa shape index (κ2) is 7.98. The Kier molecular flexibility index (Phi) is 4.93. The van der Waals surface area contributed by atoms with E-state index < -0.39 is 0 Å². The van der Waals surface area contributed by atoms with Gasteiger partial charge in [0.1, 0.15) is 0 Å². The zero-order chi connectivity index (χ0) is 22.5. The van der Waals surface area contributed by atoms with Crippen LogP contribution in [0.5, 0.6) is 0 Å². The Labute approximate surface area is 200 Å². The summed E-state index contributed by atoms with van der Waals surface area (Å²) in [7, 11) is 0. The number of halogens is 1.